The summed E-state index contributed by atoms with van der Waals surface area (Å²) >= 11 is 0. The number of aryl methyl sites for hydroxylation is 2. The van der Waals surface area contributed by atoms with Crippen molar-refractivity contribution >= 4 is 11.0 Å². The average molecular weight is 446 g/mol. The van der Waals surface area contributed by atoms with Crippen molar-refractivity contribution in [2.24, 2.45) is 0 Å². The molecule has 0 saturated heterocycles. The number of methoxy groups -OCH3 is 2. The van der Waals surface area contributed by atoms with Gasteiger partial charge in [0.2, 0.25) is 5.88 Å². The van der Waals surface area contributed by atoms with E-state index in [2.05, 4.69) is 15.0 Å². The molecule has 0 bridgehead atoms. The van der Waals surface area contributed by atoms with Crippen molar-refractivity contribution in [3.05, 3.63) is 71.4 Å². The van der Waals surface area contributed by atoms with Crippen molar-refractivity contribution in [3.63, 3.8) is 0 Å². The van der Waals surface area contributed by atoms with E-state index in [0.29, 0.717) is 42.9 Å². The summed E-state index contributed by atoms with van der Waals surface area (Å²) < 4.78 is 22.4. The summed E-state index contributed by atoms with van der Waals surface area (Å²) in [6, 6.07) is 15.9. The van der Waals surface area contributed by atoms with Crippen LogP contribution in [0.4, 0.5) is 0 Å². The highest BCUT2D eigenvalue weighted by Gasteiger charge is 2.13. The van der Waals surface area contributed by atoms with Crippen molar-refractivity contribution in [1.82, 2.24) is 15.0 Å². The lowest BCUT2D eigenvalue weighted by molar-refractivity contribution is 0.0885. The Morgan fingerprint density at radius 3 is 2.30 bits per heavy atom. The molecule has 4 rings (SSSR count). The number of benzene rings is 2. The molecule has 2 heterocycles. The van der Waals surface area contributed by atoms with E-state index in [-0.39, 0.29) is 0 Å². The SMILES string of the molecule is COc1cc(OC)c2cnc(-c3cc(C)c(OCCOCc4ccccc4)c(C)c3)nc2n1. The summed E-state index contributed by atoms with van der Waals surface area (Å²) in [6.07, 6.45) is 1.72. The summed E-state index contributed by atoms with van der Waals surface area (Å²) in [5.41, 5.74) is 4.57. The van der Waals surface area contributed by atoms with E-state index in [1.807, 2.05) is 56.3 Å². The lowest BCUT2D eigenvalue weighted by atomic mass is 10.0. The third-order valence-corrected chi connectivity index (χ3v) is 5.24. The Morgan fingerprint density at radius 1 is 0.848 bits per heavy atom. The van der Waals surface area contributed by atoms with Gasteiger partial charge in [-0.25, -0.2) is 9.97 Å². The van der Waals surface area contributed by atoms with E-state index in [4.69, 9.17) is 18.9 Å². The molecule has 7 nitrogen and oxygen atoms in total. The van der Waals surface area contributed by atoms with Crippen LogP contribution in [0.25, 0.3) is 22.4 Å². The van der Waals surface area contributed by atoms with Gasteiger partial charge in [0.1, 0.15) is 18.1 Å². The summed E-state index contributed by atoms with van der Waals surface area (Å²) in [7, 11) is 3.16. The minimum atomic E-state index is 0.439. The van der Waals surface area contributed by atoms with Gasteiger partial charge in [-0.2, -0.15) is 4.98 Å². The van der Waals surface area contributed by atoms with Gasteiger partial charge in [0.05, 0.1) is 32.8 Å². The lowest BCUT2D eigenvalue weighted by Gasteiger charge is -2.14. The summed E-state index contributed by atoms with van der Waals surface area (Å²) in [5.74, 6) is 2.49. The molecule has 0 saturated carbocycles. The van der Waals surface area contributed by atoms with E-state index < -0.39 is 0 Å². The van der Waals surface area contributed by atoms with Crippen LogP contribution in [0, 0.1) is 13.8 Å². The fourth-order valence-electron chi connectivity index (χ4n) is 3.64. The molecular formula is C26H27N3O4. The molecule has 4 aromatic rings. The van der Waals surface area contributed by atoms with Crippen molar-refractivity contribution in [2.45, 2.75) is 20.5 Å². The largest absolute Gasteiger partial charge is 0.496 e. The Labute approximate surface area is 193 Å². The van der Waals surface area contributed by atoms with Gasteiger partial charge >= 0.3 is 0 Å². The van der Waals surface area contributed by atoms with Gasteiger partial charge in [0.25, 0.3) is 0 Å². The van der Waals surface area contributed by atoms with Crippen LogP contribution in [-0.4, -0.2) is 42.4 Å². The molecule has 0 spiro atoms. The topological polar surface area (TPSA) is 75.6 Å². The van der Waals surface area contributed by atoms with Gasteiger partial charge in [-0.15, -0.1) is 0 Å². The smallest absolute Gasteiger partial charge is 0.218 e. The second-order valence-corrected chi connectivity index (χ2v) is 7.62. The number of rotatable bonds is 9. The van der Waals surface area contributed by atoms with Crippen LogP contribution in [0.3, 0.4) is 0 Å². The first-order valence-electron chi connectivity index (χ1n) is 10.7. The first kappa shape index (κ1) is 22.5. The van der Waals surface area contributed by atoms with E-state index in [9.17, 15) is 0 Å². The maximum absolute atomic E-state index is 6.02. The zero-order valence-electron chi connectivity index (χ0n) is 19.3. The fourth-order valence-corrected chi connectivity index (χ4v) is 3.64. The average Bonchev–Trinajstić information content (AvgIpc) is 2.84. The molecule has 0 fully saturated rings. The molecule has 0 amide bonds. The molecule has 2 aromatic heterocycles. The maximum atomic E-state index is 6.02. The Balaban J connectivity index is 1.47. The summed E-state index contributed by atoms with van der Waals surface area (Å²) in [4.78, 5) is 13.6. The Bertz CT molecular complexity index is 1220. The Morgan fingerprint density at radius 2 is 1.61 bits per heavy atom. The monoisotopic (exact) mass is 445 g/mol. The van der Waals surface area contributed by atoms with Gasteiger partial charge in [-0.1, -0.05) is 30.3 Å². The molecule has 0 N–H and O–H groups in total. The zero-order valence-corrected chi connectivity index (χ0v) is 19.3. The molecule has 0 aliphatic rings. The van der Waals surface area contributed by atoms with Crippen molar-refractivity contribution < 1.29 is 18.9 Å². The van der Waals surface area contributed by atoms with Gasteiger partial charge in [0, 0.05) is 17.8 Å². The van der Waals surface area contributed by atoms with Crippen LogP contribution in [0.5, 0.6) is 17.4 Å². The fraction of sp³-hybridized carbons (Fsp3) is 0.269. The molecule has 0 aliphatic heterocycles. The van der Waals surface area contributed by atoms with Crippen molar-refractivity contribution in [1.29, 1.82) is 0 Å². The van der Waals surface area contributed by atoms with Gasteiger partial charge in [-0.3, -0.25) is 0 Å². The number of nitrogens with zero attached hydrogens (tertiary/aromatic N) is 3. The van der Waals surface area contributed by atoms with Crippen LogP contribution in [0.2, 0.25) is 0 Å². The summed E-state index contributed by atoms with van der Waals surface area (Å²) in [5, 5.41) is 0.728. The molecular weight excluding hydrogens is 418 g/mol. The minimum absolute atomic E-state index is 0.439. The number of ether oxygens (including phenoxy) is 4. The van der Waals surface area contributed by atoms with E-state index in [1.54, 1.807) is 26.5 Å². The predicted molar refractivity (Wildman–Crippen MR) is 127 cm³/mol. The number of pyridine rings is 1. The maximum Gasteiger partial charge on any atom is 0.218 e. The molecule has 33 heavy (non-hydrogen) atoms. The normalized spacial score (nSPS) is 10.9. The second-order valence-electron chi connectivity index (χ2n) is 7.62. The molecule has 7 heteroatoms. The lowest BCUT2D eigenvalue weighted by Crippen LogP contribution is -2.08. The van der Waals surface area contributed by atoms with Crippen LogP contribution in [0.1, 0.15) is 16.7 Å². The van der Waals surface area contributed by atoms with Crippen molar-refractivity contribution in [2.75, 3.05) is 27.4 Å². The molecule has 0 aliphatic carbocycles. The van der Waals surface area contributed by atoms with Crippen molar-refractivity contribution in [3.8, 4) is 28.8 Å². The van der Waals surface area contributed by atoms with Crippen LogP contribution in [-0.2, 0) is 11.3 Å². The van der Waals surface area contributed by atoms with E-state index >= 15 is 0 Å². The first-order valence-corrected chi connectivity index (χ1v) is 10.7. The third kappa shape index (κ3) is 5.21. The highest BCUT2D eigenvalue weighted by molar-refractivity contribution is 5.83. The predicted octanol–water partition coefficient (Wildman–Crippen LogP) is 4.92. The highest BCUT2D eigenvalue weighted by Crippen LogP contribution is 2.31. The van der Waals surface area contributed by atoms with Crippen LogP contribution >= 0.6 is 0 Å². The number of fused-ring (bicyclic) bond motifs is 1. The van der Waals surface area contributed by atoms with Crippen LogP contribution < -0.4 is 14.2 Å². The highest BCUT2D eigenvalue weighted by atomic mass is 16.5. The molecule has 0 unspecified atom stereocenters. The molecule has 0 radical (unpaired) electrons. The van der Waals surface area contributed by atoms with Gasteiger partial charge in [-0.05, 0) is 42.7 Å². The minimum Gasteiger partial charge on any atom is -0.496 e. The second kappa shape index (κ2) is 10.3. The first-order chi connectivity index (χ1) is 16.1. The quantitative estimate of drug-likeness (QED) is 0.338. The number of hydrogen-bond donors (Lipinski definition) is 0. The van der Waals surface area contributed by atoms with E-state index in [1.165, 1.54) is 0 Å². The Hall–Kier alpha value is -3.71. The number of hydrogen-bond acceptors (Lipinski definition) is 7. The molecule has 2 aromatic carbocycles. The van der Waals surface area contributed by atoms with E-state index in [0.717, 1.165) is 33.4 Å². The number of aromatic nitrogens is 3. The molecule has 170 valence electrons. The van der Waals surface area contributed by atoms with Crippen LogP contribution in [0.15, 0.2) is 54.7 Å². The standard InChI is InChI=1S/C26H27N3O4/c1-17-12-20(25-27-15-21-22(30-3)14-23(31-4)28-26(21)29-25)13-18(2)24(17)33-11-10-32-16-19-8-6-5-7-9-19/h5-9,12-15H,10-11,16H2,1-4H3. The van der Waals surface area contributed by atoms with Gasteiger partial charge in [0.15, 0.2) is 11.5 Å². The zero-order chi connectivity index (χ0) is 23.2. The van der Waals surface area contributed by atoms with Gasteiger partial charge < -0.3 is 18.9 Å². The molecule has 0 atom stereocenters. The summed E-state index contributed by atoms with van der Waals surface area (Å²) in [6.45, 7) is 5.59. The Kier molecular flexibility index (Phi) is 7.00. The third-order valence-electron chi connectivity index (χ3n) is 5.24.